The Morgan fingerprint density at radius 2 is 2.31 bits per heavy atom. The summed E-state index contributed by atoms with van der Waals surface area (Å²) in [6.45, 7) is 0.485. The van der Waals surface area contributed by atoms with E-state index in [-0.39, 0.29) is 5.89 Å². The van der Waals surface area contributed by atoms with Gasteiger partial charge in [-0.1, -0.05) is 11.2 Å². The number of rotatable bonds is 3. The van der Waals surface area contributed by atoms with Gasteiger partial charge in [0.1, 0.15) is 5.82 Å². The van der Waals surface area contributed by atoms with Crippen LogP contribution in [0, 0.1) is 5.82 Å². The predicted octanol–water partition coefficient (Wildman–Crippen LogP) is 2.36. The minimum atomic E-state index is -0.401. The van der Waals surface area contributed by atoms with Crippen LogP contribution in [0.2, 0.25) is 0 Å². The van der Waals surface area contributed by atoms with Gasteiger partial charge in [0.25, 0.3) is 5.89 Å². The molecular weight excluding hydrogens is 277 g/mol. The lowest BCUT2D eigenvalue weighted by Crippen LogP contribution is -2.06. The second-order valence-electron chi connectivity index (χ2n) is 3.15. The molecule has 4 nitrogen and oxygen atoms in total. The molecule has 2 aromatic rings. The van der Waals surface area contributed by atoms with Gasteiger partial charge in [-0.15, -0.1) is 0 Å². The van der Waals surface area contributed by atoms with Crippen molar-refractivity contribution in [1.82, 2.24) is 15.5 Å². The Bertz CT molecular complexity index is 501. The Kier molecular flexibility index (Phi) is 3.31. The molecule has 0 amide bonds. The second-order valence-corrected chi connectivity index (χ2v) is 4.00. The standard InChI is InChI=1S/C10H9BrFN3O/c1-13-5-8-14-10(16-15-8)6-3-2-4-7(11)9(6)12/h2-4,13H,5H2,1H3. The SMILES string of the molecule is CNCc1noc(-c2cccc(Br)c2F)n1. The molecule has 0 unspecified atom stereocenters. The van der Waals surface area contributed by atoms with Gasteiger partial charge in [0, 0.05) is 0 Å². The highest BCUT2D eigenvalue weighted by Crippen LogP contribution is 2.26. The summed E-state index contributed by atoms with van der Waals surface area (Å²) in [4.78, 5) is 4.07. The molecular formula is C10H9BrFN3O. The van der Waals surface area contributed by atoms with Crippen molar-refractivity contribution < 1.29 is 8.91 Å². The van der Waals surface area contributed by atoms with Crippen molar-refractivity contribution in [1.29, 1.82) is 0 Å². The average molecular weight is 286 g/mol. The third-order valence-corrected chi connectivity index (χ3v) is 2.60. The van der Waals surface area contributed by atoms with E-state index < -0.39 is 5.82 Å². The zero-order chi connectivity index (χ0) is 11.5. The summed E-state index contributed by atoms with van der Waals surface area (Å²) in [5.41, 5.74) is 0.296. The first kappa shape index (κ1) is 11.2. The monoisotopic (exact) mass is 285 g/mol. The fourth-order valence-corrected chi connectivity index (χ4v) is 1.63. The largest absolute Gasteiger partial charge is 0.334 e. The van der Waals surface area contributed by atoms with Crippen LogP contribution >= 0.6 is 15.9 Å². The van der Waals surface area contributed by atoms with Crippen molar-refractivity contribution in [3.63, 3.8) is 0 Å². The summed E-state index contributed by atoms with van der Waals surface area (Å²) in [6.07, 6.45) is 0. The lowest BCUT2D eigenvalue weighted by Gasteiger charge is -1.98. The Morgan fingerprint density at radius 3 is 3.06 bits per heavy atom. The zero-order valence-electron chi connectivity index (χ0n) is 8.50. The second kappa shape index (κ2) is 4.71. The highest BCUT2D eigenvalue weighted by Gasteiger charge is 2.14. The van der Waals surface area contributed by atoms with E-state index in [1.807, 2.05) is 0 Å². The van der Waals surface area contributed by atoms with Gasteiger partial charge in [-0.25, -0.2) is 4.39 Å². The minimum absolute atomic E-state index is 0.184. The Labute approximate surface area is 100.0 Å². The maximum absolute atomic E-state index is 13.7. The van der Waals surface area contributed by atoms with Gasteiger partial charge in [-0.3, -0.25) is 0 Å². The third-order valence-electron chi connectivity index (χ3n) is 1.98. The molecule has 16 heavy (non-hydrogen) atoms. The molecule has 0 spiro atoms. The van der Waals surface area contributed by atoms with E-state index >= 15 is 0 Å². The number of hydrogen-bond acceptors (Lipinski definition) is 4. The molecule has 6 heteroatoms. The molecule has 1 heterocycles. The van der Waals surface area contributed by atoms with Crippen LogP contribution in [0.3, 0.4) is 0 Å². The molecule has 1 aromatic carbocycles. The van der Waals surface area contributed by atoms with Crippen LogP contribution in [0.4, 0.5) is 4.39 Å². The predicted molar refractivity (Wildman–Crippen MR) is 60.2 cm³/mol. The molecule has 0 aliphatic heterocycles. The van der Waals surface area contributed by atoms with E-state index in [1.165, 1.54) is 0 Å². The lowest BCUT2D eigenvalue weighted by molar-refractivity contribution is 0.418. The summed E-state index contributed by atoms with van der Waals surface area (Å²) in [5, 5.41) is 6.61. The Hall–Kier alpha value is -1.27. The van der Waals surface area contributed by atoms with Crippen molar-refractivity contribution in [2.45, 2.75) is 6.54 Å². The Balaban J connectivity index is 2.39. The molecule has 0 saturated heterocycles. The van der Waals surface area contributed by atoms with E-state index in [9.17, 15) is 4.39 Å². The van der Waals surface area contributed by atoms with E-state index in [2.05, 4.69) is 31.4 Å². The van der Waals surface area contributed by atoms with Crippen LogP contribution in [0.5, 0.6) is 0 Å². The number of nitrogens with zero attached hydrogens (tertiary/aromatic N) is 2. The topological polar surface area (TPSA) is 51.0 Å². The molecule has 0 aliphatic carbocycles. The van der Waals surface area contributed by atoms with Crippen molar-refractivity contribution in [3.05, 3.63) is 34.3 Å². The highest BCUT2D eigenvalue weighted by atomic mass is 79.9. The van der Waals surface area contributed by atoms with Crippen LogP contribution in [-0.4, -0.2) is 17.2 Å². The third kappa shape index (κ3) is 2.12. The van der Waals surface area contributed by atoms with Gasteiger partial charge in [0.15, 0.2) is 5.82 Å². The first-order valence-corrected chi connectivity index (χ1v) is 5.43. The summed E-state index contributed by atoms with van der Waals surface area (Å²) in [6, 6.07) is 4.92. The van der Waals surface area contributed by atoms with Crippen molar-refractivity contribution in [3.8, 4) is 11.5 Å². The molecule has 0 atom stereocenters. The normalized spacial score (nSPS) is 10.7. The van der Waals surface area contributed by atoms with E-state index in [0.29, 0.717) is 22.4 Å². The molecule has 1 N–H and O–H groups in total. The number of halogens is 2. The molecule has 2 rings (SSSR count). The highest BCUT2D eigenvalue weighted by molar-refractivity contribution is 9.10. The van der Waals surface area contributed by atoms with E-state index in [4.69, 9.17) is 4.52 Å². The zero-order valence-corrected chi connectivity index (χ0v) is 10.1. The Morgan fingerprint density at radius 1 is 1.50 bits per heavy atom. The van der Waals surface area contributed by atoms with E-state index in [1.54, 1.807) is 25.2 Å². The summed E-state index contributed by atoms with van der Waals surface area (Å²) >= 11 is 3.10. The van der Waals surface area contributed by atoms with Crippen molar-refractivity contribution in [2.24, 2.45) is 0 Å². The van der Waals surface area contributed by atoms with Crippen LogP contribution in [-0.2, 0) is 6.54 Å². The molecule has 0 radical (unpaired) electrons. The molecule has 0 aliphatic rings. The van der Waals surface area contributed by atoms with E-state index in [0.717, 1.165) is 0 Å². The molecule has 0 bridgehead atoms. The number of aromatic nitrogens is 2. The van der Waals surface area contributed by atoms with Crippen LogP contribution in [0.25, 0.3) is 11.5 Å². The molecule has 84 valence electrons. The van der Waals surface area contributed by atoms with Crippen molar-refractivity contribution >= 4 is 15.9 Å². The number of benzene rings is 1. The van der Waals surface area contributed by atoms with Gasteiger partial charge < -0.3 is 9.84 Å². The van der Waals surface area contributed by atoms with Crippen LogP contribution in [0.1, 0.15) is 5.82 Å². The summed E-state index contributed by atoms with van der Waals surface area (Å²) in [5.74, 6) is 0.281. The first-order chi connectivity index (χ1) is 7.72. The maximum atomic E-state index is 13.7. The van der Waals surface area contributed by atoms with Gasteiger partial charge in [-0.05, 0) is 35.1 Å². The average Bonchev–Trinajstić information content (AvgIpc) is 2.71. The fourth-order valence-electron chi connectivity index (χ4n) is 1.26. The molecule has 0 saturated carbocycles. The van der Waals surface area contributed by atoms with Gasteiger partial charge in [0.2, 0.25) is 0 Å². The number of nitrogens with one attached hydrogen (secondary N) is 1. The van der Waals surface area contributed by atoms with Gasteiger partial charge in [-0.2, -0.15) is 4.98 Å². The quantitative estimate of drug-likeness (QED) is 0.941. The summed E-state index contributed by atoms with van der Waals surface area (Å²) < 4.78 is 19.0. The van der Waals surface area contributed by atoms with Gasteiger partial charge >= 0.3 is 0 Å². The fraction of sp³-hybridized carbons (Fsp3) is 0.200. The smallest absolute Gasteiger partial charge is 0.260 e. The van der Waals surface area contributed by atoms with Crippen LogP contribution in [0.15, 0.2) is 27.2 Å². The van der Waals surface area contributed by atoms with Crippen molar-refractivity contribution in [2.75, 3.05) is 7.05 Å². The maximum Gasteiger partial charge on any atom is 0.260 e. The number of hydrogen-bond donors (Lipinski definition) is 1. The van der Waals surface area contributed by atoms with Crippen LogP contribution < -0.4 is 5.32 Å². The lowest BCUT2D eigenvalue weighted by atomic mass is 10.2. The molecule has 0 fully saturated rings. The first-order valence-electron chi connectivity index (χ1n) is 4.64. The summed E-state index contributed by atoms with van der Waals surface area (Å²) in [7, 11) is 1.77. The molecule has 1 aromatic heterocycles. The minimum Gasteiger partial charge on any atom is -0.334 e. The van der Waals surface area contributed by atoms with Gasteiger partial charge in [0.05, 0.1) is 16.6 Å².